The quantitative estimate of drug-likeness (QED) is 0.506. The molecule has 2 heterocycles. The topological polar surface area (TPSA) is 4.41 Å². The summed E-state index contributed by atoms with van der Waals surface area (Å²) in [4.78, 5) is 0. The predicted molar refractivity (Wildman–Crippen MR) is 52.3 cm³/mol. The minimum absolute atomic E-state index is 0.826. The molecule has 0 saturated heterocycles. The Kier molecular flexibility index (Phi) is 1.50. The van der Waals surface area contributed by atoms with E-state index in [4.69, 9.17) is 7.85 Å². The van der Waals surface area contributed by atoms with Crippen molar-refractivity contribution >= 4 is 18.8 Å². The van der Waals surface area contributed by atoms with Crippen molar-refractivity contribution in [2.75, 3.05) is 0 Å². The summed E-state index contributed by atoms with van der Waals surface area (Å²) < 4.78 is 2.12. The van der Waals surface area contributed by atoms with Gasteiger partial charge >= 0.3 is 0 Å². The number of hydrogen-bond donors (Lipinski definition) is 0. The van der Waals surface area contributed by atoms with Crippen molar-refractivity contribution in [3.05, 3.63) is 35.7 Å². The van der Waals surface area contributed by atoms with Gasteiger partial charge in [0.15, 0.2) is 0 Å². The molecule has 1 nitrogen and oxygen atoms in total. The number of aryl methyl sites for hydroxylation is 2. The SMILES string of the molecule is [B]c1cc2c(C)ccc(C)n2c1. The molecule has 0 N–H and O–H groups in total. The van der Waals surface area contributed by atoms with E-state index in [0.29, 0.717) is 0 Å². The highest BCUT2D eigenvalue weighted by molar-refractivity contribution is 6.32. The number of fused-ring (bicyclic) bond motifs is 1. The molecule has 0 bridgehead atoms. The number of pyridine rings is 1. The van der Waals surface area contributed by atoms with Crippen LogP contribution in [0.4, 0.5) is 0 Å². The fourth-order valence-corrected chi connectivity index (χ4v) is 1.49. The zero-order valence-corrected chi connectivity index (χ0v) is 7.33. The van der Waals surface area contributed by atoms with Crippen LogP contribution in [-0.2, 0) is 0 Å². The lowest BCUT2D eigenvalue weighted by Crippen LogP contribution is -1.95. The van der Waals surface area contributed by atoms with Crippen molar-refractivity contribution in [2.45, 2.75) is 13.8 Å². The van der Waals surface area contributed by atoms with Crippen LogP contribution >= 0.6 is 0 Å². The predicted octanol–water partition coefficient (Wildman–Crippen LogP) is 1.35. The number of rotatable bonds is 0. The van der Waals surface area contributed by atoms with E-state index in [1.54, 1.807) is 0 Å². The second-order valence-electron chi connectivity index (χ2n) is 3.19. The Bertz CT molecular complexity index is 390. The summed E-state index contributed by atoms with van der Waals surface area (Å²) in [5.74, 6) is 0. The van der Waals surface area contributed by atoms with Gasteiger partial charge in [-0.1, -0.05) is 11.5 Å². The van der Waals surface area contributed by atoms with E-state index >= 15 is 0 Å². The molecule has 58 valence electrons. The summed E-state index contributed by atoms with van der Waals surface area (Å²) in [6.45, 7) is 4.17. The fourth-order valence-electron chi connectivity index (χ4n) is 1.49. The van der Waals surface area contributed by atoms with Crippen molar-refractivity contribution in [3.63, 3.8) is 0 Å². The molecule has 0 amide bonds. The maximum Gasteiger partial charge on any atom is 0.115 e. The van der Waals surface area contributed by atoms with E-state index in [9.17, 15) is 0 Å². The van der Waals surface area contributed by atoms with Gasteiger partial charge in [-0.05, 0) is 31.5 Å². The molecule has 2 heteroatoms. The lowest BCUT2D eigenvalue weighted by atomic mass is 10.0. The van der Waals surface area contributed by atoms with Crippen LogP contribution in [0.2, 0.25) is 0 Å². The molecule has 0 aliphatic heterocycles. The van der Waals surface area contributed by atoms with Crippen LogP contribution in [0.3, 0.4) is 0 Å². The first-order valence-corrected chi connectivity index (χ1v) is 4.02. The van der Waals surface area contributed by atoms with Crippen molar-refractivity contribution in [2.24, 2.45) is 0 Å². The van der Waals surface area contributed by atoms with E-state index in [2.05, 4.69) is 30.4 Å². The molecular formula is C10H10BN. The monoisotopic (exact) mass is 155 g/mol. The molecule has 0 aliphatic rings. The second-order valence-corrected chi connectivity index (χ2v) is 3.19. The lowest BCUT2D eigenvalue weighted by Gasteiger charge is -2.02. The Morgan fingerprint density at radius 2 is 2.00 bits per heavy atom. The summed E-state index contributed by atoms with van der Waals surface area (Å²) >= 11 is 0. The highest BCUT2D eigenvalue weighted by Gasteiger charge is 1.99. The molecular weight excluding hydrogens is 145 g/mol. The summed E-state index contributed by atoms with van der Waals surface area (Å²) in [6, 6.07) is 6.22. The standard InChI is InChI=1S/C10H10BN/c1-7-3-4-8(2)12-6-9(11)5-10(7)12/h3-6H,1-2H3. The molecule has 0 aliphatic carbocycles. The van der Waals surface area contributed by atoms with Gasteiger partial charge in [-0.25, -0.2) is 0 Å². The van der Waals surface area contributed by atoms with Gasteiger partial charge in [0.2, 0.25) is 0 Å². The molecule has 12 heavy (non-hydrogen) atoms. The average Bonchev–Trinajstić information content (AvgIpc) is 2.41. The van der Waals surface area contributed by atoms with Gasteiger partial charge in [-0.3, -0.25) is 0 Å². The van der Waals surface area contributed by atoms with Gasteiger partial charge in [-0.2, -0.15) is 0 Å². The van der Waals surface area contributed by atoms with Gasteiger partial charge in [0, 0.05) is 17.4 Å². The number of hydrogen-bond acceptors (Lipinski definition) is 0. The van der Waals surface area contributed by atoms with Gasteiger partial charge in [0.1, 0.15) is 7.85 Å². The molecule has 0 atom stereocenters. The summed E-state index contributed by atoms with van der Waals surface area (Å²) in [5, 5.41) is 0. The van der Waals surface area contributed by atoms with E-state index in [1.165, 1.54) is 16.8 Å². The molecule has 0 fully saturated rings. The third kappa shape index (κ3) is 0.952. The second kappa shape index (κ2) is 2.41. The van der Waals surface area contributed by atoms with E-state index < -0.39 is 0 Å². The van der Waals surface area contributed by atoms with E-state index in [1.807, 2.05) is 12.3 Å². The Hall–Kier alpha value is -1.18. The third-order valence-electron chi connectivity index (χ3n) is 2.20. The Balaban J connectivity index is 2.93. The van der Waals surface area contributed by atoms with Crippen LogP contribution < -0.4 is 5.46 Å². The molecule has 2 aromatic rings. The highest BCUT2D eigenvalue weighted by Crippen LogP contribution is 2.11. The van der Waals surface area contributed by atoms with Crippen molar-refractivity contribution in [3.8, 4) is 0 Å². The minimum atomic E-state index is 0.826. The summed E-state index contributed by atoms with van der Waals surface area (Å²) in [6.07, 6.45) is 1.96. The minimum Gasteiger partial charge on any atom is -0.322 e. The zero-order chi connectivity index (χ0) is 8.72. The summed E-state index contributed by atoms with van der Waals surface area (Å²) in [5.41, 5.74) is 4.50. The Morgan fingerprint density at radius 1 is 1.25 bits per heavy atom. The van der Waals surface area contributed by atoms with Crippen LogP contribution in [0.5, 0.6) is 0 Å². The lowest BCUT2D eigenvalue weighted by molar-refractivity contribution is 1.09. The van der Waals surface area contributed by atoms with Crippen molar-refractivity contribution < 1.29 is 0 Å². The van der Waals surface area contributed by atoms with E-state index in [0.717, 1.165) is 5.46 Å². The maximum absolute atomic E-state index is 5.71. The Morgan fingerprint density at radius 3 is 2.67 bits per heavy atom. The molecule has 0 saturated carbocycles. The van der Waals surface area contributed by atoms with Crippen LogP contribution in [-0.4, -0.2) is 12.2 Å². The van der Waals surface area contributed by atoms with Gasteiger partial charge in [-0.15, -0.1) is 0 Å². The zero-order valence-electron chi connectivity index (χ0n) is 7.33. The third-order valence-corrected chi connectivity index (χ3v) is 2.20. The normalized spacial score (nSPS) is 10.8. The van der Waals surface area contributed by atoms with Gasteiger partial charge in [0.25, 0.3) is 0 Å². The molecule has 0 aromatic carbocycles. The van der Waals surface area contributed by atoms with Gasteiger partial charge in [0.05, 0.1) is 0 Å². The molecule has 0 spiro atoms. The summed E-state index contributed by atoms with van der Waals surface area (Å²) in [7, 11) is 5.71. The molecule has 2 radical (unpaired) electrons. The van der Waals surface area contributed by atoms with Gasteiger partial charge < -0.3 is 4.40 Å². The first-order chi connectivity index (χ1) is 5.68. The fraction of sp³-hybridized carbons (Fsp3) is 0.200. The van der Waals surface area contributed by atoms with Crippen LogP contribution in [0.25, 0.3) is 5.52 Å². The maximum atomic E-state index is 5.71. The molecule has 2 aromatic heterocycles. The average molecular weight is 155 g/mol. The number of nitrogens with zero attached hydrogens (tertiary/aromatic N) is 1. The first kappa shape index (κ1) is 7.47. The smallest absolute Gasteiger partial charge is 0.115 e. The van der Waals surface area contributed by atoms with Crippen molar-refractivity contribution in [1.82, 2.24) is 4.40 Å². The number of aromatic nitrogens is 1. The van der Waals surface area contributed by atoms with E-state index in [-0.39, 0.29) is 0 Å². The molecule has 0 unspecified atom stereocenters. The van der Waals surface area contributed by atoms with Crippen LogP contribution in [0.1, 0.15) is 11.3 Å². The molecule has 2 rings (SSSR count). The largest absolute Gasteiger partial charge is 0.322 e. The first-order valence-electron chi connectivity index (χ1n) is 4.02. The van der Waals surface area contributed by atoms with Crippen LogP contribution in [0.15, 0.2) is 24.4 Å². The Labute approximate surface area is 73.4 Å². The highest BCUT2D eigenvalue weighted by atomic mass is 14.9. The van der Waals surface area contributed by atoms with Crippen LogP contribution in [0, 0.1) is 13.8 Å². The van der Waals surface area contributed by atoms with Crippen molar-refractivity contribution in [1.29, 1.82) is 0 Å².